The van der Waals surface area contributed by atoms with Gasteiger partial charge >= 0.3 is 5.97 Å². The predicted molar refractivity (Wildman–Crippen MR) is 70.6 cm³/mol. The monoisotopic (exact) mass is 280 g/mol. The molecule has 1 aromatic rings. The first kappa shape index (κ1) is 14.5. The van der Waals surface area contributed by atoms with Gasteiger partial charge in [-0.2, -0.15) is 0 Å². The average Bonchev–Trinajstić information content (AvgIpc) is 2.41. The number of hydrogen-bond donors (Lipinski definition) is 1. The van der Waals surface area contributed by atoms with E-state index in [4.69, 9.17) is 0 Å². The molecule has 1 aliphatic rings. The molecule has 1 N–H and O–H groups in total. The molecule has 6 heteroatoms. The van der Waals surface area contributed by atoms with Crippen molar-refractivity contribution in [3.05, 3.63) is 35.6 Å². The Kier molecular flexibility index (Phi) is 4.34. The summed E-state index contributed by atoms with van der Waals surface area (Å²) in [4.78, 5) is 26.2. The Morgan fingerprint density at radius 2 is 1.70 bits per heavy atom. The van der Waals surface area contributed by atoms with Crippen molar-refractivity contribution >= 4 is 11.9 Å². The summed E-state index contributed by atoms with van der Waals surface area (Å²) in [6, 6.07) is 4.70. The molecule has 2 rings (SSSR count). The molecule has 1 unspecified atom stereocenters. The zero-order valence-corrected chi connectivity index (χ0v) is 11.3. The Balaban J connectivity index is 2.12. The molecule has 5 nitrogen and oxygen atoms in total. The van der Waals surface area contributed by atoms with Gasteiger partial charge in [-0.15, -0.1) is 0 Å². The molecule has 1 amide bonds. The first-order valence-corrected chi connectivity index (χ1v) is 6.47. The van der Waals surface area contributed by atoms with Gasteiger partial charge in [0.2, 0.25) is 5.91 Å². The van der Waals surface area contributed by atoms with Crippen LogP contribution in [0.5, 0.6) is 0 Å². The number of carbonyl (C=O) groups is 2. The standard InChI is InChI=1S/C14H17FN2O3/c1-10(18)16-6-8-17(9-7-16)13(14(19)20)11-2-4-12(15)5-3-11/h2-5,13H,6-9H2,1H3,(H,19,20). The fourth-order valence-corrected chi connectivity index (χ4v) is 2.45. The largest absolute Gasteiger partial charge is 0.480 e. The molecule has 0 spiro atoms. The summed E-state index contributed by atoms with van der Waals surface area (Å²) in [5.74, 6) is -1.36. The SMILES string of the molecule is CC(=O)N1CCN(C(C(=O)O)c2ccc(F)cc2)CC1. The third-order valence-corrected chi connectivity index (χ3v) is 3.54. The summed E-state index contributed by atoms with van der Waals surface area (Å²) in [6.07, 6.45) is 0. The van der Waals surface area contributed by atoms with Crippen LogP contribution in [0.2, 0.25) is 0 Å². The molecular weight excluding hydrogens is 263 g/mol. The fourth-order valence-electron chi connectivity index (χ4n) is 2.45. The molecular formula is C14H17FN2O3. The number of nitrogens with zero attached hydrogens (tertiary/aromatic N) is 2. The molecule has 0 bridgehead atoms. The van der Waals surface area contributed by atoms with E-state index in [2.05, 4.69) is 0 Å². The third kappa shape index (κ3) is 3.14. The second-order valence-corrected chi connectivity index (χ2v) is 4.83. The second kappa shape index (κ2) is 6.00. The van der Waals surface area contributed by atoms with Gasteiger partial charge in [-0.25, -0.2) is 4.39 Å². The van der Waals surface area contributed by atoms with Gasteiger partial charge in [0, 0.05) is 33.1 Å². The summed E-state index contributed by atoms with van der Waals surface area (Å²) in [7, 11) is 0. The average molecular weight is 280 g/mol. The number of aliphatic carboxylic acids is 1. The summed E-state index contributed by atoms with van der Waals surface area (Å²) >= 11 is 0. The summed E-state index contributed by atoms with van der Waals surface area (Å²) in [5.41, 5.74) is 0.551. The van der Waals surface area contributed by atoms with Crippen LogP contribution in [0.4, 0.5) is 4.39 Å². The van der Waals surface area contributed by atoms with Crippen molar-refractivity contribution in [3.63, 3.8) is 0 Å². The van der Waals surface area contributed by atoms with Crippen molar-refractivity contribution in [2.75, 3.05) is 26.2 Å². The zero-order chi connectivity index (χ0) is 14.7. The molecule has 1 saturated heterocycles. The minimum atomic E-state index is -0.965. The van der Waals surface area contributed by atoms with Crippen molar-refractivity contribution in [1.29, 1.82) is 0 Å². The number of piperazine rings is 1. The highest BCUT2D eigenvalue weighted by molar-refractivity contribution is 5.76. The van der Waals surface area contributed by atoms with E-state index in [-0.39, 0.29) is 11.7 Å². The lowest BCUT2D eigenvalue weighted by Crippen LogP contribution is -2.50. The Morgan fingerprint density at radius 1 is 1.15 bits per heavy atom. The predicted octanol–water partition coefficient (Wildman–Crippen LogP) is 1.12. The van der Waals surface area contributed by atoms with Crippen LogP contribution in [0.15, 0.2) is 24.3 Å². The highest BCUT2D eigenvalue weighted by Crippen LogP contribution is 2.23. The van der Waals surface area contributed by atoms with E-state index in [1.807, 2.05) is 0 Å². The topological polar surface area (TPSA) is 60.9 Å². The number of carbonyl (C=O) groups excluding carboxylic acids is 1. The molecule has 1 aromatic carbocycles. The Hall–Kier alpha value is -1.95. The molecule has 20 heavy (non-hydrogen) atoms. The summed E-state index contributed by atoms with van der Waals surface area (Å²) in [6.45, 7) is 3.52. The van der Waals surface area contributed by atoms with E-state index in [0.717, 1.165) is 0 Å². The molecule has 0 aliphatic carbocycles. The third-order valence-electron chi connectivity index (χ3n) is 3.54. The van der Waals surface area contributed by atoms with Crippen LogP contribution in [0.25, 0.3) is 0 Å². The normalized spacial score (nSPS) is 17.8. The van der Waals surface area contributed by atoms with Gasteiger partial charge in [0.15, 0.2) is 0 Å². The molecule has 1 fully saturated rings. The minimum Gasteiger partial charge on any atom is -0.480 e. The van der Waals surface area contributed by atoms with Crippen LogP contribution in [-0.2, 0) is 9.59 Å². The molecule has 0 radical (unpaired) electrons. The number of carboxylic acids is 1. The maximum atomic E-state index is 12.9. The second-order valence-electron chi connectivity index (χ2n) is 4.83. The van der Waals surface area contributed by atoms with Crippen LogP contribution in [0, 0.1) is 5.82 Å². The molecule has 108 valence electrons. The van der Waals surface area contributed by atoms with Crippen molar-refractivity contribution in [3.8, 4) is 0 Å². The minimum absolute atomic E-state index is 0.00157. The van der Waals surface area contributed by atoms with Crippen LogP contribution in [0.1, 0.15) is 18.5 Å². The zero-order valence-electron chi connectivity index (χ0n) is 11.3. The van der Waals surface area contributed by atoms with Crippen LogP contribution < -0.4 is 0 Å². The van der Waals surface area contributed by atoms with Gasteiger partial charge in [-0.1, -0.05) is 12.1 Å². The van der Waals surface area contributed by atoms with Crippen molar-refractivity contribution in [2.24, 2.45) is 0 Å². The van der Waals surface area contributed by atoms with Crippen molar-refractivity contribution in [2.45, 2.75) is 13.0 Å². The van der Waals surface area contributed by atoms with E-state index < -0.39 is 12.0 Å². The summed E-state index contributed by atoms with van der Waals surface area (Å²) < 4.78 is 12.9. The Bertz CT molecular complexity index is 496. The number of benzene rings is 1. The lowest BCUT2D eigenvalue weighted by Gasteiger charge is -2.37. The first-order chi connectivity index (χ1) is 9.49. The van der Waals surface area contributed by atoms with Gasteiger partial charge in [-0.05, 0) is 17.7 Å². The van der Waals surface area contributed by atoms with Crippen LogP contribution >= 0.6 is 0 Å². The maximum absolute atomic E-state index is 12.9. The van der Waals surface area contributed by atoms with Gasteiger partial charge in [-0.3, -0.25) is 14.5 Å². The van der Waals surface area contributed by atoms with Gasteiger partial charge < -0.3 is 10.0 Å². The lowest BCUT2D eigenvalue weighted by atomic mass is 10.0. The molecule has 1 atom stereocenters. The number of hydrogen-bond acceptors (Lipinski definition) is 3. The van der Waals surface area contributed by atoms with E-state index in [1.54, 1.807) is 9.80 Å². The molecule has 1 heterocycles. The number of halogens is 1. The Labute approximate surface area is 116 Å². The highest BCUT2D eigenvalue weighted by atomic mass is 19.1. The quantitative estimate of drug-likeness (QED) is 0.901. The van der Waals surface area contributed by atoms with Crippen molar-refractivity contribution in [1.82, 2.24) is 9.80 Å². The lowest BCUT2D eigenvalue weighted by molar-refractivity contribution is -0.145. The van der Waals surface area contributed by atoms with Crippen LogP contribution in [-0.4, -0.2) is 53.0 Å². The van der Waals surface area contributed by atoms with E-state index in [0.29, 0.717) is 31.7 Å². The van der Waals surface area contributed by atoms with E-state index >= 15 is 0 Å². The van der Waals surface area contributed by atoms with Gasteiger partial charge in [0.25, 0.3) is 0 Å². The number of carboxylic acid groups (broad SMARTS) is 1. The molecule has 0 aromatic heterocycles. The van der Waals surface area contributed by atoms with E-state index in [9.17, 15) is 19.1 Å². The van der Waals surface area contributed by atoms with E-state index in [1.165, 1.54) is 31.2 Å². The maximum Gasteiger partial charge on any atom is 0.325 e. The number of rotatable bonds is 3. The first-order valence-electron chi connectivity index (χ1n) is 6.47. The highest BCUT2D eigenvalue weighted by Gasteiger charge is 2.30. The number of amides is 1. The fraction of sp³-hybridized carbons (Fsp3) is 0.429. The van der Waals surface area contributed by atoms with Gasteiger partial charge in [0.1, 0.15) is 11.9 Å². The molecule has 0 saturated carbocycles. The van der Waals surface area contributed by atoms with Gasteiger partial charge in [0.05, 0.1) is 0 Å². The Morgan fingerprint density at radius 3 is 2.15 bits per heavy atom. The smallest absolute Gasteiger partial charge is 0.325 e. The van der Waals surface area contributed by atoms with Crippen molar-refractivity contribution < 1.29 is 19.1 Å². The molecule has 1 aliphatic heterocycles. The van der Waals surface area contributed by atoms with Crippen LogP contribution in [0.3, 0.4) is 0 Å². The summed E-state index contributed by atoms with van der Waals surface area (Å²) in [5, 5.41) is 9.41.